The molecule has 132 valence electrons. The smallest absolute Gasteiger partial charge is 0.261 e. The van der Waals surface area contributed by atoms with Gasteiger partial charge in [-0.05, 0) is 54.6 Å². The van der Waals surface area contributed by atoms with Gasteiger partial charge in [0.1, 0.15) is 0 Å². The molecule has 0 saturated heterocycles. The number of carbonyl (C=O) groups excluding carboxylic acids is 1. The predicted molar refractivity (Wildman–Crippen MR) is 106 cm³/mol. The Morgan fingerprint density at radius 3 is 2.19 bits per heavy atom. The number of para-hydroxylation sites is 1. The maximum absolute atomic E-state index is 12.6. The molecule has 3 rings (SSSR count). The van der Waals surface area contributed by atoms with Crippen molar-refractivity contribution in [3.63, 3.8) is 0 Å². The molecule has 0 aromatic heterocycles. The van der Waals surface area contributed by atoms with Crippen LogP contribution >= 0.6 is 15.9 Å². The molecule has 26 heavy (non-hydrogen) atoms. The van der Waals surface area contributed by atoms with Crippen molar-refractivity contribution < 1.29 is 13.2 Å². The lowest BCUT2D eigenvalue weighted by molar-refractivity contribution is 0.102. The predicted octanol–water partition coefficient (Wildman–Crippen LogP) is 4.50. The second kappa shape index (κ2) is 7.72. The number of nitrogens with one attached hydrogen (secondary N) is 2. The van der Waals surface area contributed by atoms with Crippen LogP contribution in [0.3, 0.4) is 0 Å². The van der Waals surface area contributed by atoms with Gasteiger partial charge in [0.25, 0.3) is 15.9 Å². The van der Waals surface area contributed by atoms with Gasteiger partial charge in [0.2, 0.25) is 0 Å². The number of rotatable bonds is 5. The molecular weight excluding hydrogens is 416 g/mol. The topological polar surface area (TPSA) is 75.3 Å². The molecule has 0 aliphatic heterocycles. The molecule has 0 aliphatic rings. The molecule has 7 heteroatoms. The van der Waals surface area contributed by atoms with E-state index >= 15 is 0 Å². The van der Waals surface area contributed by atoms with E-state index in [1.54, 1.807) is 54.6 Å². The minimum Gasteiger partial charge on any atom is -0.322 e. The van der Waals surface area contributed by atoms with Crippen molar-refractivity contribution in [1.29, 1.82) is 0 Å². The average Bonchev–Trinajstić information content (AvgIpc) is 2.64. The molecule has 0 aliphatic carbocycles. The molecule has 3 aromatic rings. The first-order valence-electron chi connectivity index (χ1n) is 7.69. The Bertz CT molecular complexity index is 1020. The van der Waals surface area contributed by atoms with Crippen LogP contribution in [0.5, 0.6) is 0 Å². The van der Waals surface area contributed by atoms with E-state index in [0.717, 1.165) is 4.47 Å². The van der Waals surface area contributed by atoms with E-state index in [4.69, 9.17) is 0 Å². The van der Waals surface area contributed by atoms with Gasteiger partial charge in [-0.3, -0.25) is 9.52 Å². The highest BCUT2D eigenvalue weighted by Gasteiger charge is 2.16. The van der Waals surface area contributed by atoms with Crippen LogP contribution in [0, 0.1) is 0 Å². The monoisotopic (exact) mass is 430 g/mol. The van der Waals surface area contributed by atoms with Gasteiger partial charge in [-0.25, -0.2) is 8.42 Å². The molecule has 0 atom stereocenters. The van der Waals surface area contributed by atoms with Crippen LogP contribution in [0.1, 0.15) is 10.4 Å². The third-order valence-electron chi connectivity index (χ3n) is 3.53. The van der Waals surface area contributed by atoms with Crippen molar-refractivity contribution in [2.75, 3.05) is 10.0 Å². The molecule has 0 spiro atoms. The number of carbonyl (C=O) groups is 1. The average molecular weight is 431 g/mol. The van der Waals surface area contributed by atoms with Gasteiger partial charge in [-0.1, -0.05) is 40.2 Å². The first-order chi connectivity index (χ1) is 12.4. The first-order valence-corrected chi connectivity index (χ1v) is 9.96. The summed E-state index contributed by atoms with van der Waals surface area (Å²) in [5.74, 6) is -0.378. The number of halogens is 1. The highest BCUT2D eigenvalue weighted by Crippen LogP contribution is 2.20. The zero-order valence-corrected chi connectivity index (χ0v) is 15.9. The van der Waals surface area contributed by atoms with Gasteiger partial charge in [0.05, 0.1) is 4.90 Å². The summed E-state index contributed by atoms with van der Waals surface area (Å²) in [6.07, 6.45) is 0. The lowest BCUT2D eigenvalue weighted by Crippen LogP contribution is -2.15. The standard InChI is InChI=1S/C19H15BrN2O3S/c20-15-9-11-17(12-10-15)22-26(24,25)18-8-4-5-14(13-18)19(23)21-16-6-2-1-3-7-16/h1-13,22H,(H,21,23). The third kappa shape index (κ3) is 4.50. The highest BCUT2D eigenvalue weighted by molar-refractivity contribution is 9.10. The van der Waals surface area contributed by atoms with Crippen molar-refractivity contribution in [2.45, 2.75) is 4.90 Å². The largest absolute Gasteiger partial charge is 0.322 e. The van der Waals surface area contributed by atoms with E-state index in [1.165, 1.54) is 18.2 Å². The lowest BCUT2D eigenvalue weighted by Gasteiger charge is -2.10. The van der Waals surface area contributed by atoms with Gasteiger partial charge in [0.15, 0.2) is 0 Å². The molecule has 1 amide bonds. The van der Waals surface area contributed by atoms with Crippen molar-refractivity contribution in [2.24, 2.45) is 0 Å². The summed E-state index contributed by atoms with van der Waals surface area (Å²) in [6.45, 7) is 0. The van der Waals surface area contributed by atoms with E-state index in [-0.39, 0.29) is 16.4 Å². The molecule has 2 N–H and O–H groups in total. The SMILES string of the molecule is O=C(Nc1ccccc1)c1cccc(S(=O)(=O)Nc2ccc(Br)cc2)c1. The van der Waals surface area contributed by atoms with Gasteiger partial charge >= 0.3 is 0 Å². The summed E-state index contributed by atoms with van der Waals surface area (Å²) < 4.78 is 28.5. The van der Waals surface area contributed by atoms with Crippen LogP contribution in [0.25, 0.3) is 0 Å². The van der Waals surface area contributed by atoms with E-state index in [0.29, 0.717) is 11.4 Å². The van der Waals surface area contributed by atoms with Crippen molar-refractivity contribution in [1.82, 2.24) is 0 Å². The molecule has 0 unspecified atom stereocenters. The first kappa shape index (κ1) is 18.2. The fourth-order valence-corrected chi connectivity index (χ4v) is 3.63. The number of hydrogen-bond donors (Lipinski definition) is 2. The van der Waals surface area contributed by atoms with Gasteiger partial charge in [0, 0.05) is 21.4 Å². The summed E-state index contributed by atoms with van der Waals surface area (Å²) in [5.41, 5.74) is 1.33. The van der Waals surface area contributed by atoms with Crippen molar-refractivity contribution in [3.8, 4) is 0 Å². The summed E-state index contributed by atoms with van der Waals surface area (Å²) in [4.78, 5) is 12.4. The van der Waals surface area contributed by atoms with Crippen LogP contribution in [0.2, 0.25) is 0 Å². The molecule has 3 aromatic carbocycles. The molecule has 0 heterocycles. The maximum atomic E-state index is 12.6. The molecule has 0 fully saturated rings. The molecular formula is C19H15BrN2O3S. The summed E-state index contributed by atoms with van der Waals surface area (Å²) in [7, 11) is -3.80. The zero-order chi connectivity index (χ0) is 18.6. The lowest BCUT2D eigenvalue weighted by atomic mass is 10.2. The Labute approximate surface area is 160 Å². The quantitative estimate of drug-likeness (QED) is 0.625. The number of sulfonamides is 1. The Hall–Kier alpha value is -2.64. The second-order valence-electron chi connectivity index (χ2n) is 5.46. The van der Waals surface area contributed by atoms with Gasteiger partial charge in [-0.15, -0.1) is 0 Å². The Kier molecular flexibility index (Phi) is 5.39. The number of amides is 1. The fourth-order valence-electron chi connectivity index (χ4n) is 2.26. The number of benzene rings is 3. The fraction of sp³-hybridized carbons (Fsp3) is 0. The van der Waals surface area contributed by atoms with Gasteiger partial charge in [-0.2, -0.15) is 0 Å². The highest BCUT2D eigenvalue weighted by atomic mass is 79.9. The van der Waals surface area contributed by atoms with Crippen LogP contribution in [0.4, 0.5) is 11.4 Å². The van der Waals surface area contributed by atoms with Crippen LogP contribution < -0.4 is 10.0 Å². The van der Waals surface area contributed by atoms with Crippen molar-refractivity contribution in [3.05, 3.63) is 88.9 Å². The Balaban J connectivity index is 1.81. The van der Waals surface area contributed by atoms with E-state index < -0.39 is 10.0 Å². The Morgan fingerprint density at radius 1 is 0.808 bits per heavy atom. The minimum absolute atomic E-state index is 0.0149. The van der Waals surface area contributed by atoms with Crippen LogP contribution in [-0.2, 0) is 10.0 Å². The molecule has 0 bridgehead atoms. The molecule has 0 saturated carbocycles. The second-order valence-corrected chi connectivity index (χ2v) is 8.06. The van der Waals surface area contributed by atoms with Crippen molar-refractivity contribution >= 4 is 43.2 Å². The van der Waals surface area contributed by atoms with Crippen LogP contribution in [0.15, 0.2) is 88.2 Å². The molecule has 0 radical (unpaired) electrons. The number of anilines is 2. The summed E-state index contributed by atoms with van der Waals surface area (Å²) in [6, 6.07) is 21.6. The van der Waals surface area contributed by atoms with E-state index in [9.17, 15) is 13.2 Å². The normalized spacial score (nSPS) is 11.0. The Morgan fingerprint density at radius 2 is 1.50 bits per heavy atom. The summed E-state index contributed by atoms with van der Waals surface area (Å²) >= 11 is 3.30. The van der Waals surface area contributed by atoms with E-state index in [2.05, 4.69) is 26.0 Å². The van der Waals surface area contributed by atoms with Gasteiger partial charge < -0.3 is 5.32 Å². The third-order valence-corrected chi connectivity index (χ3v) is 5.44. The van der Waals surface area contributed by atoms with Crippen LogP contribution in [-0.4, -0.2) is 14.3 Å². The zero-order valence-electron chi connectivity index (χ0n) is 13.5. The van der Waals surface area contributed by atoms with E-state index in [1.807, 2.05) is 6.07 Å². The summed E-state index contributed by atoms with van der Waals surface area (Å²) in [5, 5.41) is 2.73. The minimum atomic E-state index is -3.80. The molecule has 5 nitrogen and oxygen atoms in total. The maximum Gasteiger partial charge on any atom is 0.261 e. The number of hydrogen-bond acceptors (Lipinski definition) is 3.